The molecule has 2 aromatic carbocycles. The normalized spacial score (nSPS) is 16.3. The number of rotatable bonds is 4. The average Bonchev–Trinajstić information content (AvgIpc) is 3.17. The van der Waals surface area contributed by atoms with Gasteiger partial charge in [0.1, 0.15) is 4.21 Å². The first kappa shape index (κ1) is 17.0. The zero-order valence-electron chi connectivity index (χ0n) is 13.4. The number of nitrogens with one attached hydrogen (secondary N) is 2. The zero-order chi connectivity index (χ0) is 18.1. The molecule has 2 N–H and O–H groups in total. The maximum Gasteiger partial charge on any atom is 0.271 e. The number of thiocarbonyl (C=S) groups is 1. The molecule has 8 heteroatoms. The topological polar surface area (TPSA) is 67.4 Å². The van der Waals surface area contributed by atoms with Gasteiger partial charge in [0, 0.05) is 16.9 Å². The maximum atomic E-state index is 12.5. The zero-order valence-corrected chi connectivity index (χ0v) is 15.8. The van der Waals surface area contributed by atoms with E-state index in [0.717, 1.165) is 16.8 Å². The summed E-state index contributed by atoms with van der Waals surface area (Å²) in [4.78, 5) is 0. The standard InChI is InChI=1S/C18H14N2O3S3/c21-26(22,16-7-4-10-25-16)20-13-8-9-15-14(11-13)17(23-18(24)19-15)12-5-2-1-3-6-12/h1-11,17,20H,(H,19,24). The minimum Gasteiger partial charge on any atom is -0.458 e. The molecule has 4 rings (SSSR count). The highest BCUT2D eigenvalue weighted by molar-refractivity contribution is 7.94. The molecule has 0 aliphatic carbocycles. The molecule has 26 heavy (non-hydrogen) atoms. The lowest BCUT2D eigenvalue weighted by atomic mass is 9.98. The van der Waals surface area contributed by atoms with Crippen LogP contribution in [0.4, 0.5) is 11.4 Å². The quantitative estimate of drug-likeness (QED) is 0.635. The molecule has 1 unspecified atom stereocenters. The van der Waals surface area contributed by atoms with Crippen LogP contribution in [0.15, 0.2) is 70.3 Å². The van der Waals surface area contributed by atoms with Crippen molar-refractivity contribution in [3.8, 4) is 0 Å². The average molecular weight is 403 g/mol. The van der Waals surface area contributed by atoms with Crippen LogP contribution < -0.4 is 10.0 Å². The highest BCUT2D eigenvalue weighted by Gasteiger charge is 2.26. The van der Waals surface area contributed by atoms with Crippen molar-refractivity contribution in [2.24, 2.45) is 0 Å². The second kappa shape index (κ2) is 6.71. The van der Waals surface area contributed by atoms with Crippen molar-refractivity contribution in [1.82, 2.24) is 0 Å². The van der Waals surface area contributed by atoms with Gasteiger partial charge in [-0.3, -0.25) is 4.72 Å². The Morgan fingerprint density at radius 3 is 2.62 bits per heavy atom. The molecular formula is C18H14N2O3S3. The SMILES string of the molecule is O=S(=O)(Nc1ccc2c(c1)C(c1ccccc1)OC(=S)N2)c1cccs1. The van der Waals surface area contributed by atoms with Gasteiger partial charge in [-0.25, -0.2) is 8.42 Å². The van der Waals surface area contributed by atoms with Crippen LogP contribution in [-0.4, -0.2) is 13.6 Å². The fraction of sp³-hybridized carbons (Fsp3) is 0.0556. The van der Waals surface area contributed by atoms with Gasteiger partial charge in [-0.1, -0.05) is 36.4 Å². The lowest BCUT2D eigenvalue weighted by Crippen LogP contribution is -2.25. The Bertz CT molecular complexity index is 1050. The Kier molecular flexibility index (Phi) is 4.39. The predicted octanol–water partition coefficient (Wildman–Crippen LogP) is 4.37. The smallest absolute Gasteiger partial charge is 0.271 e. The van der Waals surface area contributed by atoms with E-state index >= 15 is 0 Å². The Morgan fingerprint density at radius 2 is 1.88 bits per heavy atom. The second-order valence-electron chi connectivity index (χ2n) is 5.66. The Hall–Kier alpha value is -2.42. The van der Waals surface area contributed by atoms with Gasteiger partial charge in [0.2, 0.25) is 0 Å². The third-order valence-corrected chi connectivity index (χ3v) is 6.89. The molecule has 0 radical (unpaired) electrons. The summed E-state index contributed by atoms with van der Waals surface area (Å²) in [5.41, 5.74) is 3.03. The number of fused-ring (bicyclic) bond motifs is 1. The summed E-state index contributed by atoms with van der Waals surface area (Å²) in [6.45, 7) is 0. The van der Waals surface area contributed by atoms with Gasteiger partial charge in [0.15, 0.2) is 6.10 Å². The molecular weight excluding hydrogens is 388 g/mol. The summed E-state index contributed by atoms with van der Waals surface area (Å²) in [6, 6.07) is 18.2. The summed E-state index contributed by atoms with van der Waals surface area (Å²) >= 11 is 6.36. The molecule has 0 saturated heterocycles. The van der Waals surface area contributed by atoms with Gasteiger partial charge in [-0.05, 0) is 47.4 Å². The first-order valence-corrected chi connectivity index (χ1v) is 10.5. The highest BCUT2D eigenvalue weighted by Crippen LogP contribution is 2.37. The van der Waals surface area contributed by atoms with Crippen LogP contribution in [0.1, 0.15) is 17.2 Å². The summed E-state index contributed by atoms with van der Waals surface area (Å²) in [5, 5.41) is 5.03. The van der Waals surface area contributed by atoms with Crippen LogP contribution in [0.5, 0.6) is 0 Å². The molecule has 0 bridgehead atoms. The van der Waals surface area contributed by atoms with Gasteiger partial charge >= 0.3 is 0 Å². The molecule has 3 aromatic rings. The van der Waals surface area contributed by atoms with Crippen molar-refractivity contribution in [2.75, 3.05) is 10.0 Å². The van der Waals surface area contributed by atoms with Gasteiger partial charge in [-0.15, -0.1) is 11.3 Å². The summed E-state index contributed by atoms with van der Waals surface area (Å²) in [6.07, 6.45) is -0.397. The van der Waals surface area contributed by atoms with Crippen LogP contribution in [0, 0.1) is 0 Å². The molecule has 1 aromatic heterocycles. The number of sulfonamides is 1. The van der Waals surface area contributed by atoms with Crippen LogP contribution in [0.25, 0.3) is 0 Å². The highest BCUT2D eigenvalue weighted by atomic mass is 32.2. The minimum absolute atomic E-state index is 0.269. The fourth-order valence-corrected chi connectivity index (χ4v) is 5.01. The molecule has 2 heterocycles. The number of ether oxygens (including phenoxy) is 1. The predicted molar refractivity (Wildman–Crippen MR) is 107 cm³/mol. The van der Waals surface area contributed by atoms with E-state index in [2.05, 4.69) is 10.0 Å². The third kappa shape index (κ3) is 3.31. The first-order valence-electron chi connectivity index (χ1n) is 7.76. The lowest BCUT2D eigenvalue weighted by Gasteiger charge is -2.29. The van der Waals surface area contributed by atoms with Gasteiger partial charge in [-0.2, -0.15) is 0 Å². The first-order chi connectivity index (χ1) is 12.5. The monoisotopic (exact) mass is 402 g/mol. The van der Waals surface area contributed by atoms with Crippen molar-refractivity contribution in [1.29, 1.82) is 0 Å². The molecule has 5 nitrogen and oxygen atoms in total. The number of thiophene rings is 1. The van der Waals surface area contributed by atoms with Crippen LogP contribution in [-0.2, 0) is 14.8 Å². The summed E-state index contributed by atoms with van der Waals surface area (Å²) in [5.74, 6) is 0. The largest absolute Gasteiger partial charge is 0.458 e. The molecule has 132 valence electrons. The van der Waals surface area contributed by atoms with Gasteiger partial charge in [0.05, 0.1) is 0 Å². The molecule has 0 amide bonds. The van der Waals surface area contributed by atoms with E-state index in [9.17, 15) is 8.42 Å². The number of hydrogen-bond acceptors (Lipinski definition) is 5. The lowest BCUT2D eigenvalue weighted by molar-refractivity contribution is 0.234. The van der Waals surface area contributed by atoms with Gasteiger partial charge in [0.25, 0.3) is 15.2 Å². The van der Waals surface area contributed by atoms with E-state index in [1.807, 2.05) is 30.3 Å². The summed E-state index contributed by atoms with van der Waals surface area (Å²) < 4.78 is 33.6. The maximum absolute atomic E-state index is 12.5. The molecule has 0 fully saturated rings. The van der Waals surface area contributed by atoms with E-state index in [0.29, 0.717) is 10.9 Å². The van der Waals surface area contributed by atoms with Crippen molar-refractivity contribution in [3.05, 3.63) is 77.2 Å². The van der Waals surface area contributed by atoms with Crippen LogP contribution in [0.3, 0.4) is 0 Å². The van der Waals surface area contributed by atoms with Crippen LogP contribution in [0.2, 0.25) is 0 Å². The van der Waals surface area contributed by atoms with E-state index in [1.54, 1.807) is 35.7 Å². The summed E-state index contributed by atoms with van der Waals surface area (Å²) in [7, 11) is -3.61. The van der Waals surface area contributed by atoms with Crippen LogP contribution >= 0.6 is 23.6 Å². The molecule has 1 aliphatic heterocycles. The second-order valence-corrected chi connectivity index (χ2v) is 8.89. The van der Waals surface area contributed by atoms with Crippen molar-refractivity contribution in [3.63, 3.8) is 0 Å². The molecule has 0 spiro atoms. The fourth-order valence-electron chi connectivity index (χ4n) is 2.76. The minimum atomic E-state index is -3.61. The number of anilines is 2. The molecule has 0 saturated carbocycles. The van der Waals surface area contributed by atoms with Crippen molar-refractivity contribution >= 4 is 50.1 Å². The van der Waals surface area contributed by atoms with E-state index in [1.165, 1.54) is 11.3 Å². The Morgan fingerprint density at radius 1 is 1.08 bits per heavy atom. The van der Waals surface area contributed by atoms with E-state index < -0.39 is 16.1 Å². The third-order valence-electron chi connectivity index (χ3n) is 3.91. The van der Waals surface area contributed by atoms with Crippen molar-refractivity contribution in [2.45, 2.75) is 10.3 Å². The Balaban J connectivity index is 1.72. The van der Waals surface area contributed by atoms with Gasteiger partial charge < -0.3 is 10.1 Å². The van der Waals surface area contributed by atoms with Crippen molar-refractivity contribution < 1.29 is 13.2 Å². The molecule has 1 aliphatic rings. The molecule has 1 atom stereocenters. The Labute approximate surface area is 160 Å². The van der Waals surface area contributed by atoms with E-state index in [-0.39, 0.29) is 4.21 Å². The number of benzene rings is 2. The number of hydrogen-bond donors (Lipinski definition) is 2. The van der Waals surface area contributed by atoms with E-state index in [4.69, 9.17) is 17.0 Å².